The molecular weight excluding hydrogens is 312 g/mol. The Morgan fingerprint density at radius 1 is 1.04 bits per heavy atom. The van der Waals surface area contributed by atoms with E-state index in [1.807, 2.05) is 18.2 Å². The summed E-state index contributed by atoms with van der Waals surface area (Å²) in [5, 5.41) is 0. The number of rotatable bonds is 7. The Morgan fingerprint density at radius 3 is 2.12 bits per heavy atom. The third-order valence-corrected chi connectivity index (χ3v) is 4.20. The number of hydrogen-bond donors (Lipinski definition) is 0. The van der Waals surface area contributed by atoms with Crippen LogP contribution in [0.2, 0.25) is 0 Å². The summed E-state index contributed by atoms with van der Waals surface area (Å²) in [6.07, 6.45) is 2.09. The quantitative estimate of drug-likeness (QED) is 0.699. The Kier molecular flexibility index (Phi) is 9.63. The maximum absolute atomic E-state index is 10.7. The van der Waals surface area contributed by atoms with Gasteiger partial charge in [0.1, 0.15) is 6.61 Å². The SMILES string of the molecule is CC(=O)OCCn1cc(-c2ccccc2)cc1C.CCN(CC)CC. The van der Waals surface area contributed by atoms with Crippen LogP contribution in [-0.4, -0.2) is 41.7 Å². The van der Waals surface area contributed by atoms with Gasteiger partial charge in [0.05, 0.1) is 6.54 Å². The van der Waals surface area contributed by atoms with Gasteiger partial charge in [0.25, 0.3) is 0 Å². The monoisotopic (exact) mass is 344 g/mol. The molecule has 1 heterocycles. The number of esters is 1. The highest BCUT2D eigenvalue weighted by Crippen LogP contribution is 2.21. The maximum atomic E-state index is 10.7. The van der Waals surface area contributed by atoms with E-state index in [1.165, 1.54) is 43.4 Å². The molecule has 0 saturated carbocycles. The van der Waals surface area contributed by atoms with Crippen molar-refractivity contribution >= 4 is 5.97 Å². The van der Waals surface area contributed by atoms with Crippen molar-refractivity contribution in [1.82, 2.24) is 9.47 Å². The Labute approximate surface area is 152 Å². The van der Waals surface area contributed by atoms with Crippen molar-refractivity contribution < 1.29 is 9.53 Å². The summed E-state index contributed by atoms with van der Waals surface area (Å²) in [4.78, 5) is 13.1. The van der Waals surface area contributed by atoms with Crippen LogP contribution in [0.25, 0.3) is 11.1 Å². The van der Waals surface area contributed by atoms with Gasteiger partial charge < -0.3 is 14.2 Å². The molecule has 4 nitrogen and oxygen atoms in total. The van der Waals surface area contributed by atoms with E-state index in [0.29, 0.717) is 13.2 Å². The zero-order valence-electron chi connectivity index (χ0n) is 16.3. The first kappa shape index (κ1) is 21.0. The summed E-state index contributed by atoms with van der Waals surface area (Å²) in [6, 6.07) is 12.4. The van der Waals surface area contributed by atoms with E-state index in [1.54, 1.807) is 0 Å². The van der Waals surface area contributed by atoms with Gasteiger partial charge in [-0.2, -0.15) is 0 Å². The lowest BCUT2D eigenvalue weighted by Crippen LogP contribution is -2.21. The van der Waals surface area contributed by atoms with Gasteiger partial charge in [-0.05, 0) is 43.8 Å². The third kappa shape index (κ3) is 7.57. The predicted molar refractivity (Wildman–Crippen MR) is 105 cm³/mol. The van der Waals surface area contributed by atoms with E-state index in [2.05, 4.69) is 61.6 Å². The van der Waals surface area contributed by atoms with E-state index in [4.69, 9.17) is 4.74 Å². The molecule has 0 spiro atoms. The minimum atomic E-state index is -0.233. The molecular formula is C21H32N2O2. The first-order valence-corrected chi connectivity index (χ1v) is 9.09. The molecule has 0 saturated heterocycles. The van der Waals surface area contributed by atoms with Crippen molar-refractivity contribution in [3.63, 3.8) is 0 Å². The van der Waals surface area contributed by atoms with Crippen LogP contribution in [0.4, 0.5) is 0 Å². The Morgan fingerprint density at radius 2 is 1.64 bits per heavy atom. The number of nitrogens with zero attached hydrogens (tertiary/aromatic N) is 2. The Bertz CT molecular complexity index is 611. The van der Waals surface area contributed by atoms with E-state index >= 15 is 0 Å². The standard InChI is InChI=1S/C15H17NO2.C6H15N/c1-12-10-15(14-6-4-3-5-7-14)11-16(12)8-9-18-13(2)17;1-4-7(5-2)6-3/h3-7,10-11H,8-9H2,1-2H3;4-6H2,1-3H3. The van der Waals surface area contributed by atoms with Crippen molar-refractivity contribution in [2.45, 2.75) is 41.2 Å². The lowest BCUT2D eigenvalue weighted by molar-refractivity contribution is -0.141. The van der Waals surface area contributed by atoms with Crippen molar-refractivity contribution in [3.8, 4) is 11.1 Å². The molecule has 0 N–H and O–H groups in total. The number of ether oxygens (including phenoxy) is 1. The first-order chi connectivity index (χ1) is 12.0. The highest BCUT2D eigenvalue weighted by Gasteiger charge is 2.04. The van der Waals surface area contributed by atoms with Gasteiger partial charge in [0.15, 0.2) is 0 Å². The van der Waals surface area contributed by atoms with Gasteiger partial charge in [0, 0.05) is 18.8 Å². The number of benzene rings is 1. The van der Waals surface area contributed by atoms with Gasteiger partial charge in [-0.3, -0.25) is 4.79 Å². The first-order valence-electron chi connectivity index (χ1n) is 9.09. The molecule has 2 aromatic rings. The zero-order chi connectivity index (χ0) is 18.7. The summed E-state index contributed by atoms with van der Waals surface area (Å²) in [5.74, 6) is -0.233. The van der Waals surface area contributed by atoms with Gasteiger partial charge >= 0.3 is 5.97 Å². The number of aryl methyl sites for hydroxylation is 1. The molecule has 0 atom stereocenters. The molecule has 25 heavy (non-hydrogen) atoms. The highest BCUT2D eigenvalue weighted by atomic mass is 16.5. The minimum absolute atomic E-state index is 0.233. The summed E-state index contributed by atoms with van der Waals surface area (Å²) >= 11 is 0. The van der Waals surface area contributed by atoms with Crippen LogP contribution in [0.5, 0.6) is 0 Å². The molecule has 4 heteroatoms. The van der Waals surface area contributed by atoms with E-state index < -0.39 is 0 Å². The van der Waals surface area contributed by atoms with Crippen LogP contribution in [0.1, 0.15) is 33.4 Å². The summed E-state index contributed by atoms with van der Waals surface area (Å²) in [5.41, 5.74) is 3.56. The van der Waals surface area contributed by atoms with Crippen LogP contribution in [0.15, 0.2) is 42.6 Å². The summed E-state index contributed by atoms with van der Waals surface area (Å²) in [6.45, 7) is 14.7. The topological polar surface area (TPSA) is 34.5 Å². The van der Waals surface area contributed by atoms with Gasteiger partial charge in [-0.1, -0.05) is 51.1 Å². The zero-order valence-corrected chi connectivity index (χ0v) is 16.3. The second-order valence-corrected chi connectivity index (χ2v) is 5.89. The molecule has 0 fully saturated rings. The van der Waals surface area contributed by atoms with Crippen molar-refractivity contribution in [2.24, 2.45) is 0 Å². The molecule has 0 radical (unpaired) electrons. The fourth-order valence-corrected chi connectivity index (χ4v) is 2.60. The van der Waals surface area contributed by atoms with Crippen molar-refractivity contribution in [1.29, 1.82) is 0 Å². The molecule has 2 rings (SSSR count). The van der Waals surface area contributed by atoms with Crippen LogP contribution in [0.3, 0.4) is 0 Å². The molecule has 0 bridgehead atoms. The molecule has 0 aliphatic carbocycles. The molecule has 0 amide bonds. The summed E-state index contributed by atoms with van der Waals surface area (Å²) < 4.78 is 7.06. The van der Waals surface area contributed by atoms with Gasteiger partial charge in [-0.15, -0.1) is 0 Å². The Hall–Kier alpha value is -2.07. The average molecular weight is 344 g/mol. The number of carbonyl (C=O) groups is 1. The maximum Gasteiger partial charge on any atom is 0.302 e. The van der Waals surface area contributed by atoms with E-state index in [-0.39, 0.29) is 5.97 Å². The molecule has 0 aliphatic rings. The minimum Gasteiger partial charge on any atom is -0.464 e. The number of carbonyl (C=O) groups excluding carboxylic acids is 1. The average Bonchev–Trinajstić information content (AvgIpc) is 2.98. The van der Waals surface area contributed by atoms with E-state index in [0.717, 1.165) is 0 Å². The number of hydrogen-bond acceptors (Lipinski definition) is 3. The second kappa shape index (κ2) is 11.5. The fourth-order valence-electron chi connectivity index (χ4n) is 2.60. The molecule has 1 aromatic heterocycles. The molecule has 1 aromatic carbocycles. The van der Waals surface area contributed by atoms with Crippen LogP contribution >= 0.6 is 0 Å². The van der Waals surface area contributed by atoms with E-state index in [9.17, 15) is 4.79 Å². The fraction of sp³-hybridized carbons (Fsp3) is 0.476. The largest absolute Gasteiger partial charge is 0.464 e. The van der Waals surface area contributed by atoms with Crippen molar-refractivity contribution in [2.75, 3.05) is 26.2 Å². The predicted octanol–water partition coefficient (Wildman–Crippen LogP) is 4.37. The van der Waals surface area contributed by atoms with Crippen LogP contribution < -0.4 is 0 Å². The summed E-state index contributed by atoms with van der Waals surface area (Å²) in [7, 11) is 0. The van der Waals surface area contributed by atoms with Crippen molar-refractivity contribution in [3.05, 3.63) is 48.3 Å². The number of aromatic nitrogens is 1. The Balaban J connectivity index is 0.000000381. The highest BCUT2D eigenvalue weighted by molar-refractivity contribution is 5.66. The van der Waals surface area contributed by atoms with Gasteiger partial charge in [-0.25, -0.2) is 0 Å². The van der Waals surface area contributed by atoms with Crippen LogP contribution in [0, 0.1) is 6.92 Å². The normalized spacial score (nSPS) is 10.3. The smallest absolute Gasteiger partial charge is 0.302 e. The van der Waals surface area contributed by atoms with Gasteiger partial charge in [0.2, 0.25) is 0 Å². The molecule has 0 unspecified atom stereocenters. The molecule has 138 valence electrons. The lowest BCUT2D eigenvalue weighted by atomic mass is 10.1. The third-order valence-electron chi connectivity index (χ3n) is 4.20. The lowest BCUT2D eigenvalue weighted by Gasteiger charge is -2.13. The molecule has 0 aliphatic heterocycles. The second-order valence-electron chi connectivity index (χ2n) is 5.89. The van der Waals surface area contributed by atoms with Crippen LogP contribution in [-0.2, 0) is 16.1 Å².